The maximum atomic E-state index is 10.9. The van der Waals surface area contributed by atoms with E-state index in [1.54, 1.807) is 0 Å². The summed E-state index contributed by atoms with van der Waals surface area (Å²) in [7, 11) is 0. The topological polar surface area (TPSA) is 248 Å². The van der Waals surface area contributed by atoms with Crippen molar-refractivity contribution in [3.05, 3.63) is 47.2 Å². The normalized spacial score (nSPS) is 35.2. The summed E-state index contributed by atoms with van der Waals surface area (Å²) in [6.07, 6.45) is -14.4. The molecule has 2 aromatic carbocycles. The van der Waals surface area contributed by atoms with E-state index in [2.05, 4.69) is 0 Å². The molecule has 0 aliphatic carbocycles. The molecule has 0 bridgehead atoms. The number of fused-ring (bicyclic) bond motifs is 1. The Bertz CT molecular complexity index is 1280. The van der Waals surface area contributed by atoms with Gasteiger partial charge in [-0.2, -0.15) is 0 Å². The molecule has 2 aromatic rings. The zero-order chi connectivity index (χ0) is 29.6. The number of phenols is 4. The molecule has 0 radical (unpaired) electrons. The van der Waals surface area contributed by atoms with Gasteiger partial charge in [-0.25, -0.2) is 0 Å². The van der Waals surface area contributed by atoms with Crippen LogP contribution in [0, 0.1) is 0 Å². The van der Waals surface area contributed by atoms with Crippen LogP contribution in [-0.4, -0.2) is 120 Å². The lowest BCUT2D eigenvalue weighted by Gasteiger charge is -2.45. The Morgan fingerprint density at radius 3 is 2.27 bits per heavy atom. The van der Waals surface area contributed by atoms with Gasteiger partial charge in [0.25, 0.3) is 0 Å². The average Bonchev–Trinajstić information content (AvgIpc) is 2.94. The number of hydrogen-bond acceptors (Lipinski definition) is 15. The molecule has 0 amide bonds. The highest BCUT2D eigenvalue weighted by atomic mass is 16.8. The van der Waals surface area contributed by atoms with Gasteiger partial charge in [-0.15, -0.1) is 0 Å². The standard InChI is InChI=1S/C26H30O15/c27-7-18-20(34)21(35)24(41-25-22(36)19(33)15(32)8-37-25)26(40-18)39-17-6-11-13(30)4-10(28)5-16(11)38-23(17)9-1-2-12(29)14(31)3-9/h1-6,15,18-36H,7-8H2/t15-,18-,19-,20-,21-,22-,23?,24+,25-,26+/m0/s1. The Balaban J connectivity index is 1.51. The molecule has 3 aliphatic rings. The number of rotatable bonds is 6. The van der Waals surface area contributed by atoms with Crippen LogP contribution in [-0.2, 0) is 18.9 Å². The molecule has 0 aromatic heterocycles. The number of benzene rings is 2. The van der Waals surface area contributed by atoms with Crippen molar-refractivity contribution in [3.8, 4) is 28.7 Å². The monoisotopic (exact) mass is 582 g/mol. The third-order valence-electron chi connectivity index (χ3n) is 7.02. The minimum absolute atomic E-state index is 0.0275. The summed E-state index contributed by atoms with van der Waals surface area (Å²) in [5.74, 6) is -1.69. The molecule has 3 heterocycles. The highest BCUT2D eigenvalue weighted by Gasteiger charge is 2.50. The van der Waals surface area contributed by atoms with Crippen molar-refractivity contribution in [2.75, 3.05) is 13.2 Å². The predicted molar refractivity (Wildman–Crippen MR) is 132 cm³/mol. The molecule has 2 fully saturated rings. The molecule has 1 unspecified atom stereocenters. The first-order valence-electron chi connectivity index (χ1n) is 12.5. The first-order chi connectivity index (χ1) is 19.5. The van der Waals surface area contributed by atoms with Gasteiger partial charge in [0, 0.05) is 17.7 Å². The van der Waals surface area contributed by atoms with Crippen molar-refractivity contribution in [2.45, 2.75) is 61.4 Å². The van der Waals surface area contributed by atoms with E-state index in [1.807, 2.05) is 0 Å². The molecule has 0 saturated carbocycles. The molecule has 41 heavy (non-hydrogen) atoms. The highest BCUT2D eigenvalue weighted by Crippen LogP contribution is 2.45. The fourth-order valence-electron chi connectivity index (χ4n) is 4.76. The third-order valence-corrected chi connectivity index (χ3v) is 7.02. The SMILES string of the molecule is OC[C@@H]1O[C@@H](OC2=Cc3c(O)cc(O)cc3OC2c2ccc(O)c(O)c2)[C@H](O[C@@H]2OC[C@H](O)[C@H](O)[C@@H]2O)[C@@H](O)[C@H]1O. The third kappa shape index (κ3) is 5.59. The van der Waals surface area contributed by atoms with Crippen LogP contribution >= 0.6 is 0 Å². The van der Waals surface area contributed by atoms with Crippen LogP contribution in [0.15, 0.2) is 36.1 Å². The Kier molecular flexibility index (Phi) is 8.15. The zero-order valence-electron chi connectivity index (χ0n) is 21.2. The molecule has 3 aliphatic heterocycles. The van der Waals surface area contributed by atoms with E-state index < -0.39 is 86.1 Å². The molecule has 5 rings (SSSR count). The first-order valence-corrected chi connectivity index (χ1v) is 12.5. The van der Waals surface area contributed by atoms with Crippen LogP contribution in [0.2, 0.25) is 0 Å². The molecule has 10 N–H and O–H groups in total. The van der Waals surface area contributed by atoms with Gasteiger partial charge >= 0.3 is 0 Å². The number of aliphatic hydroxyl groups excluding tert-OH is 6. The summed E-state index contributed by atoms with van der Waals surface area (Å²) >= 11 is 0. The fraction of sp³-hybridized carbons (Fsp3) is 0.462. The van der Waals surface area contributed by atoms with Crippen LogP contribution < -0.4 is 4.74 Å². The van der Waals surface area contributed by atoms with E-state index in [-0.39, 0.29) is 34.1 Å². The van der Waals surface area contributed by atoms with Gasteiger partial charge in [0.15, 0.2) is 30.0 Å². The van der Waals surface area contributed by atoms with Crippen molar-refractivity contribution in [1.82, 2.24) is 0 Å². The summed E-state index contributed by atoms with van der Waals surface area (Å²) in [6, 6.07) is 6.04. The van der Waals surface area contributed by atoms with Crippen LogP contribution in [0.1, 0.15) is 17.2 Å². The Hall–Kier alpha value is -3.38. The van der Waals surface area contributed by atoms with E-state index in [0.717, 1.165) is 6.07 Å². The smallest absolute Gasteiger partial charge is 0.229 e. The predicted octanol–water partition coefficient (Wildman–Crippen LogP) is -1.74. The largest absolute Gasteiger partial charge is 0.508 e. The molecule has 224 valence electrons. The molecule has 0 spiro atoms. The van der Waals surface area contributed by atoms with Crippen LogP contribution in [0.4, 0.5) is 0 Å². The van der Waals surface area contributed by atoms with Gasteiger partial charge in [-0.1, -0.05) is 6.07 Å². The summed E-state index contributed by atoms with van der Waals surface area (Å²) in [4.78, 5) is 0. The molecular formula is C26H30O15. The summed E-state index contributed by atoms with van der Waals surface area (Å²) in [6.45, 7) is -1.17. The summed E-state index contributed by atoms with van der Waals surface area (Å²) < 4.78 is 28.6. The maximum Gasteiger partial charge on any atom is 0.229 e. The first kappa shape index (κ1) is 29.1. The second-order valence-corrected chi connectivity index (χ2v) is 9.84. The van der Waals surface area contributed by atoms with Crippen molar-refractivity contribution < 1.29 is 74.7 Å². The molecule has 2 saturated heterocycles. The Morgan fingerprint density at radius 2 is 1.56 bits per heavy atom. The minimum Gasteiger partial charge on any atom is -0.508 e. The van der Waals surface area contributed by atoms with Crippen molar-refractivity contribution in [1.29, 1.82) is 0 Å². The summed E-state index contributed by atoms with van der Waals surface area (Å²) in [5, 5.41) is 101. The number of ether oxygens (including phenoxy) is 5. The van der Waals surface area contributed by atoms with E-state index in [0.29, 0.717) is 0 Å². The van der Waals surface area contributed by atoms with E-state index in [9.17, 15) is 51.1 Å². The van der Waals surface area contributed by atoms with Gasteiger partial charge in [0.1, 0.15) is 59.6 Å². The van der Waals surface area contributed by atoms with Gasteiger partial charge in [0.2, 0.25) is 6.29 Å². The number of aromatic hydroxyl groups is 4. The zero-order valence-corrected chi connectivity index (χ0v) is 21.2. The van der Waals surface area contributed by atoms with Gasteiger partial charge in [-0.3, -0.25) is 0 Å². The van der Waals surface area contributed by atoms with Crippen molar-refractivity contribution in [2.24, 2.45) is 0 Å². The van der Waals surface area contributed by atoms with Crippen LogP contribution in [0.3, 0.4) is 0 Å². The summed E-state index contributed by atoms with van der Waals surface area (Å²) in [5.41, 5.74) is 0.309. The fourth-order valence-corrected chi connectivity index (χ4v) is 4.76. The van der Waals surface area contributed by atoms with Crippen molar-refractivity contribution >= 4 is 6.08 Å². The van der Waals surface area contributed by atoms with Crippen LogP contribution in [0.25, 0.3) is 6.08 Å². The number of phenolic OH excluding ortho intramolecular Hbond substituents is 4. The van der Waals surface area contributed by atoms with Gasteiger partial charge in [-0.05, 0) is 18.2 Å². The molecule has 10 atom stereocenters. The van der Waals surface area contributed by atoms with Crippen LogP contribution in [0.5, 0.6) is 28.7 Å². The average molecular weight is 583 g/mol. The molecule has 15 heteroatoms. The minimum atomic E-state index is -1.79. The second-order valence-electron chi connectivity index (χ2n) is 9.84. The lowest BCUT2D eigenvalue weighted by Crippen LogP contribution is -2.63. The van der Waals surface area contributed by atoms with Crippen molar-refractivity contribution in [3.63, 3.8) is 0 Å². The van der Waals surface area contributed by atoms with Gasteiger partial charge in [0.05, 0.1) is 18.8 Å². The Labute approximate surface area is 231 Å². The van der Waals surface area contributed by atoms with E-state index in [4.69, 9.17) is 23.7 Å². The maximum absolute atomic E-state index is 10.9. The molecule has 15 nitrogen and oxygen atoms in total. The highest BCUT2D eigenvalue weighted by molar-refractivity contribution is 5.69. The Morgan fingerprint density at radius 1 is 0.805 bits per heavy atom. The number of aliphatic hydroxyl groups is 6. The lowest BCUT2D eigenvalue weighted by atomic mass is 9.98. The number of hydrogen-bond donors (Lipinski definition) is 10. The van der Waals surface area contributed by atoms with E-state index >= 15 is 0 Å². The quantitative estimate of drug-likeness (QED) is 0.170. The van der Waals surface area contributed by atoms with Gasteiger partial charge < -0.3 is 74.7 Å². The van der Waals surface area contributed by atoms with E-state index in [1.165, 1.54) is 30.3 Å². The molecular weight excluding hydrogens is 552 g/mol. The second kappa shape index (κ2) is 11.5. The lowest BCUT2D eigenvalue weighted by molar-refractivity contribution is -0.352.